The summed E-state index contributed by atoms with van der Waals surface area (Å²) < 4.78 is 24.9. The van der Waals surface area contributed by atoms with Crippen molar-refractivity contribution in [2.24, 2.45) is 0 Å². The lowest BCUT2D eigenvalue weighted by Gasteiger charge is -2.29. The van der Waals surface area contributed by atoms with E-state index in [0.717, 1.165) is 0 Å². The number of rotatable bonds is 3. The van der Waals surface area contributed by atoms with Gasteiger partial charge in [0.1, 0.15) is 11.9 Å². The Bertz CT molecular complexity index is 537. The van der Waals surface area contributed by atoms with Crippen LogP contribution in [0.15, 0.2) is 18.2 Å². The molecule has 2 aliphatic rings. The van der Waals surface area contributed by atoms with Gasteiger partial charge in [0.15, 0.2) is 0 Å². The standard InChI is InChI=1S/C14H17FN2O3S/c15-12-7-10(17-8-11(9-18)20-14(17)21)1-2-13(12)16-3-5-19-6-4-16/h1-2,7,11,18H,3-6,8-9H2/t11-/m1/s1. The molecule has 1 aromatic carbocycles. The summed E-state index contributed by atoms with van der Waals surface area (Å²) in [6.45, 7) is 2.94. The minimum Gasteiger partial charge on any atom is -0.463 e. The Morgan fingerprint density at radius 1 is 1.33 bits per heavy atom. The molecule has 0 radical (unpaired) electrons. The summed E-state index contributed by atoms with van der Waals surface area (Å²) in [4.78, 5) is 3.67. The molecule has 0 aliphatic carbocycles. The van der Waals surface area contributed by atoms with E-state index in [0.29, 0.717) is 44.2 Å². The highest BCUT2D eigenvalue weighted by Gasteiger charge is 2.29. The number of ether oxygens (including phenoxy) is 2. The van der Waals surface area contributed by atoms with Crippen molar-refractivity contribution >= 4 is 28.8 Å². The molecule has 2 heterocycles. The van der Waals surface area contributed by atoms with Crippen LogP contribution in [0.4, 0.5) is 15.8 Å². The Kier molecular flexibility index (Phi) is 4.23. The van der Waals surface area contributed by atoms with Crippen LogP contribution >= 0.6 is 12.2 Å². The van der Waals surface area contributed by atoms with Gasteiger partial charge in [0.25, 0.3) is 5.17 Å². The molecule has 2 aliphatic heterocycles. The predicted octanol–water partition coefficient (Wildman–Crippen LogP) is 1.14. The first-order chi connectivity index (χ1) is 10.2. The second-order valence-electron chi connectivity index (χ2n) is 5.03. The number of anilines is 2. The first-order valence-electron chi connectivity index (χ1n) is 6.90. The molecule has 0 saturated carbocycles. The average Bonchev–Trinajstić information content (AvgIpc) is 2.89. The molecule has 5 nitrogen and oxygen atoms in total. The van der Waals surface area contributed by atoms with Gasteiger partial charge in [-0.2, -0.15) is 0 Å². The summed E-state index contributed by atoms with van der Waals surface area (Å²) in [6, 6.07) is 5.04. The summed E-state index contributed by atoms with van der Waals surface area (Å²) >= 11 is 5.11. The fourth-order valence-electron chi connectivity index (χ4n) is 2.55. The van der Waals surface area contributed by atoms with Crippen LogP contribution in [0.5, 0.6) is 0 Å². The third-order valence-corrected chi connectivity index (χ3v) is 3.99. The van der Waals surface area contributed by atoms with Crippen molar-refractivity contribution in [2.75, 3.05) is 49.3 Å². The number of hydrogen-bond donors (Lipinski definition) is 1. The first kappa shape index (κ1) is 14.5. The van der Waals surface area contributed by atoms with E-state index < -0.39 is 0 Å². The number of hydrogen-bond acceptors (Lipinski definition) is 5. The lowest BCUT2D eigenvalue weighted by molar-refractivity contribution is 0.122. The molecule has 0 bridgehead atoms. The summed E-state index contributed by atoms with van der Waals surface area (Å²) in [5.41, 5.74) is 1.22. The van der Waals surface area contributed by atoms with E-state index in [1.54, 1.807) is 11.0 Å². The normalized spacial score (nSPS) is 22.6. The molecule has 1 atom stereocenters. The van der Waals surface area contributed by atoms with E-state index in [1.807, 2.05) is 11.0 Å². The van der Waals surface area contributed by atoms with E-state index in [4.69, 9.17) is 26.8 Å². The molecule has 0 aromatic heterocycles. The Balaban J connectivity index is 1.79. The van der Waals surface area contributed by atoms with Crippen molar-refractivity contribution in [1.29, 1.82) is 0 Å². The van der Waals surface area contributed by atoms with Crippen LogP contribution in [-0.2, 0) is 9.47 Å². The van der Waals surface area contributed by atoms with E-state index in [2.05, 4.69) is 0 Å². The van der Waals surface area contributed by atoms with Crippen LogP contribution in [0.2, 0.25) is 0 Å². The van der Waals surface area contributed by atoms with Gasteiger partial charge in [-0.05, 0) is 30.4 Å². The monoisotopic (exact) mass is 312 g/mol. The second kappa shape index (κ2) is 6.13. The number of morpholine rings is 1. The van der Waals surface area contributed by atoms with Gasteiger partial charge in [-0.25, -0.2) is 4.39 Å². The maximum atomic E-state index is 14.4. The lowest BCUT2D eigenvalue weighted by atomic mass is 10.2. The molecule has 7 heteroatoms. The minimum atomic E-state index is -0.348. The highest BCUT2D eigenvalue weighted by molar-refractivity contribution is 7.80. The van der Waals surface area contributed by atoms with Crippen molar-refractivity contribution in [3.8, 4) is 0 Å². The molecule has 2 saturated heterocycles. The first-order valence-corrected chi connectivity index (χ1v) is 7.31. The van der Waals surface area contributed by atoms with Gasteiger partial charge in [-0.1, -0.05) is 0 Å². The highest BCUT2D eigenvalue weighted by Crippen LogP contribution is 2.28. The predicted molar refractivity (Wildman–Crippen MR) is 81.3 cm³/mol. The molecule has 0 unspecified atom stereocenters. The lowest BCUT2D eigenvalue weighted by Crippen LogP contribution is -2.36. The Morgan fingerprint density at radius 3 is 2.71 bits per heavy atom. The molecule has 1 aromatic rings. The Labute approximate surface area is 127 Å². The molecule has 1 N–H and O–H groups in total. The fraction of sp³-hybridized carbons (Fsp3) is 0.500. The molecule has 21 heavy (non-hydrogen) atoms. The molecule has 2 fully saturated rings. The van der Waals surface area contributed by atoms with E-state index in [-0.39, 0.29) is 23.7 Å². The van der Waals surface area contributed by atoms with Crippen molar-refractivity contribution in [1.82, 2.24) is 0 Å². The number of benzene rings is 1. The van der Waals surface area contributed by atoms with Crippen molar-refractivity contribution < 1.29 is 19.0 Å². The summed E-state index contributed by atoms with van der Waals surface area (Å²) in [5.74, 6) is -0.287. The van der Waals surface area contributed by atoms with Crippen LogP contribution in [0.25, 0.3) is 0 Å². The zero-order chi connectivity index (χ0) is 14.8. The minimum absolute atomic E-state index is 0.106. The number of halogens is 1. The maximum absolute atomic E-state index is 14.4. The Morgan fingerprint density at radius 2 is 2.10 bits per heavy atom. The van der Waals surface area contributed by atoms with Gasteiger partial charge >= 0.3 is 0 Å². The zero-order valence-corrected chi connectivity index (χ0v) is 12.3. The summed E-state index contributed by atoms with van der Waals surface area (Å²) in [5, 5.41) is 9.38. The van der Waals surface area contributed by atoms with E-state index >= 15 is 0 Å². The fourth-order valence-corrected chi connectivity index (χ4v) is 2.87. The topological polar surface area (TPSA) is 45.2 Å². The number of aliphatic hydroxyl groups excluding tert-OH is 1. The molecule has 0 amide bonds. The number of aliphatic hydroxyl groups is 1. The molecular weight excluding hydrogens is 295 g/mol. The number of nitrogens with zero attached hydrogens (tertiary/aromatic N) is 2. The third-order valence-electron chi connectivity index (χ3n) is 3.67. The highest BCUT2D eigenvalue weighted by atomic mass is 32.1. The molecule has 0 spiro atoms. The van der Waals surface area contributed by atoms with Gasteiger partial charge < -0.3 is 19.5 Å². The van der Waals surface area contributed by atoms with Gasteiger partial charge in [0, 0.05) is 18.8 Å². The zero-order valence-electron chi connectivity index (χ0n) is 11.5. The van der Waals surface area contributed by atoms with Crippen LogP contribution in [-0.4, -0.2) is 55.8 Å². The SMILES string of the molecule is OC[C@H]1CN(c2ccc(N3CCOCC3)c(F)c2)C(=S)O1. The molecular formula is C14H17FN2O3S. The Hall–Kier alpha value is -1.44. The van der Waals surface area contributed by atoms with Crippen LogP contribution in [0.3, 0.4) is 0 Å². The smallest absolute Gasteiger partial charge is 0.264 e. The third kappa shape index (κ3) is 2.95. The van der Waals surface area contributed by atoms with Gasteiger partial charge in [0.05, 0.1) is 32.1 Å². The maximum Gasteiger partial charge on any atom is 0.264 e. The van der Waals surface area contributed by atoms with E-state index in [1.165, 1.54) is 6.07 Å². The second-order valence-corrected chi connectivity index (χ2v) is 5.38. The van der Waals surface area contributed by atoms with Crippen LogP contribution in [0.1, 0.15) is 0 Å². The largest absolute Gasteiger partial charge is 0.463 e. The van der Waals surface area contributed by atoms with Crippen molar-refractivity contribution in [2.45, 2.75) is 6.10 Å². The van der Waals surface area contributed by atoms with Gasteiger partial charge in [0.2, 0.25) is 0 Å². The molecule has 114 valence electrons. The summed E-state index contributed by atoms with van der Waals surface area (Å²) in [6.07, 6.45) is -0.348. The quantitative estimate of drug-likeness (QED) is 0.845. The number of thiocarbonyl (C=S) groups is 1. The van der Waals surface area contributed by atoms with Crippen molar-refractivity contribution in [3.05, 3.63) is 24.0 Å². The van der Waals surface area contributed by atoms with Crippen LogP contribution in [0, 0.1) is 5.82 Å². The van der Waals surface area contributed by atoms with Gasteiger partial charge in [-0.15, -0.1) is 0 Å². The van der Waals surface area contributed by atoms with Crippen LogP contribution < -0.4 is 9.80 Å². The summed E-state index contributed by atoms with van der Waals surface area (Å²) in [7, 11) is 0. The van der Waals surface area contributed by atoms with E-state index in [9.17, 15) is 4.39 Å². The van der Waals surface area contributed by atoms with Gasteiger partial charge in [-0.3, -0.25) is 4.90 Å². The van der Waals surface area contributed by atoms with Crippen molar-refractivity contribution in [3.63, 3.8) is 0 Å². The average molecular weight is 312 g/mol. The molecule has 3 rings (SSSR count).